The van der Waals surface area contributed by atoms with Crippen molar-refractivity contribution in [2.24, 2.45) is 0 Å². The van der Waals surface area contributed by atoms with Gasteiger partial charge in [0.25, 0.3) is 0 Å². The number of carboxylic acid groups (broad SMARTS) is 1. The molecule has 1 saturated heterocycles. The third-order valence-electron chi connectivity index (χ3n) is 6.86. The fourth-order valence-corrected chi connectivity index (χ4v) is 6.17. The molecule has 0 saturated carbocycles. The van der Waals surface area contributed by atoms with Gasteiger partial charge in [-0.15, -0.1) is 0 Å². The van der Waals surface area contributed by atoms with Gasteiger partial charge in [-0.25, -0.2) is 13.2 Å². The van der Waals surface area contributed by atoms with E-state index in [0.29, 0.717) is 48.1 Å². The molecule has 2 N–H and O–H groups in total. The van der Waals surface area contributed by atoms with Gasteiger partial charge in [0.2, 0.25) is 15.9 Å². The first-order chi connectivity index (χ1) is 20.3. The third kappa shape index (κ3) is 7.15. The Kier molecular flexibility index (Phi) is 8.85. The molecule has 9 nitrogen and oxygen atoms in total. The molecule has 1 fully saturated rings. The van der Waals surface area contributed by atoms with Crippen LogP contribution in [0.4, 0.5) is 5.69 Å². The smallest absolute Gasteiger partial charge is 0.337 e. The van der Waals surface area contributed by atoms with Crippen LogP contribution in [0.25, 0.3) is 0 Å². The summed E-state index contributed by atoms with van der Waals surface area (Å²) >= 11 is 0. The van der Waals surface area contributed by atoms with Crippen molar-refractivity contribution in [1.82, 2.24) is 4.31 Å². The van der Waals surface area contributed by atoms with Crippen molar-refractivity contribution in [1.29, 1.82) is 0 Å². The Bertz CT molecular complexity index is 1630. The maximum Gasteiger partial charge on any atom is 0.337 e. The molecule has 10 heteroatoms. The Morgan fingerprint density at radius 2 is 1.36 bits per heavy atom. The highest BCUT2D eigenvalue weighted by Gasteiger charge is 2.30. The minimum Gasteiger partial charge on any atom is -0.490 e. The minimum atomic E-state index is -3.50. The second kappa shape index (κ2) is 12.9. The van der Waals surface area contributed by atoms with Crippen LogP contribution in [0.3, 0.4) is 0 Å². The number of anilines is 1. The lowest BCUT2D eigenvalue weighted by Gasteiger charge is -2.31. The Balaban J connectivity index is 1.09. The summed E-state index contributed by atoms with van der Waals surface area (Å²) in [5.41, 5.74) is 1.04. The van der Waals surface area contributed by atoms with Crippen molar-refractivity contribution in [3.63, 3.8) is 0 Å². The molecule has 0 atom stereocenters. The quantitative estimate of drug-likeness (QED) is 0.248. The molecule has 0 aromatic heterocycles. The number of nitrogens with one attached hydrogen (secondary N) is 1. The zero-order valence-corrected chi connectivity index (χ0v) is 23.5. The molecule has 216 valence electrons. The van der Waals surface area contributed by atoms with E-state index in [0.717, 1.165) is 5.56 Å². The molecule has 0 aliphatic carbocycles. The third-order valence-corrected chi connectivity index (χ3v) is 8.78. The second-order valence-corrected chi connectivity index (χ2v) is 11.8. The van der Waals surface area contributed by atoms with Crippen molar-refractivity contribution in [3.05, 3.63) is 114 Å². The van der Waals surface area contributed by atoms with E-state index < -0.39 is 16.0 Å². The molecule has 1 aliphatic heterocycles. The number of carboxylic acids is 1. The first-order valence-electron chi connectivity index (χ1n) is 13.5. The zero-order valence-electron chi connectivity index (χ0n) is 22.7. The van der Waals surface area contributed by atoms with Crippen LogP contribution in [0, 0.1) is 0 Å². The van der Waals surface area contributed by atoms with Crippen molar-refractivity contribution in [2.45, 2.75) is 30.3 Å². The maximum atomic E-state index is 12.8. The lowest BCUT2D eigenvalue weighted by molar-refractivity contribution is -0.115. The minimum absolute atomic E-state index is 0.0330. The predicted octanol–water partition coefficient (Wildman–Crippen LogP) is 5.59. The Hall–Kier alpha value is -4.67. The molecule has 1 aliphatic rings. The molecule has 4 aromatic rings. The first-order valence-corrected chi connectivity index (χ1v) is 14.9. The van der Waals surface area contributed by atoms with Crippen molar-refractivity contribution < 1.29 is 32.6 Å². The molecule has 0 radical (unpaired) electrons. The average molecular weight is 587 g/mol. The maximum absolute atomic E-state index is 12.8. The standard InChI is InChI=1S/C32H30N2O7S/c35-31(33-30-9-5-4-8-29(30)32(36)37)22-23-10-12-24(13-11-23)40-25-14-16-26(17-15-25)41-27-18-20-34(21-19-27)42(38,39)28-6-2-1-3-7-28/h1-17,27H,18-22H2,(H,33,35)(H,36,37). The van der Waals surface area contributed by atoms with Crippen molar-refractivity contribution >= 4 is 27.6 Å². The number of carbonyl (C=O) groups is 2. The van der Waals surface area contributed by atoms with E-state index >= 15 is 0 Å². The van der Waals surface area contributed by atoms with E-state index in [9.17, 15) is 23.1 Å². The SMILES string of the molecule is O=C(Cc1ccc(Oc2ccc(OC3CCN(S(=O)(=O)c4ccccc4)CC3)cc2)cc1)Nc1ccccc1C(=O)O. The number of carbonyl (C=O) groups excluding carboxylic acids is 1. The number of nitrogens with zero attached hydrogens (tertiary/aromatic N) is 1. The van der Waals surface area contributed by atoms with Gasteiger partial charge < -0.3 is 19.9 Å². The van der Waals surface area contributed by atoms with Crippen LogP contribution in [0.1, 0.15) is 28.8 Å². The monoisotopic (exact) mass is 586 g/mol. The lowest BCUT2D eigenvalue weighted by Crippen LogP contribution is -2.41. The molecular weight excluding hydrogens is 556 g/mol. The van der Waals surface area contributed by atoms with Crippen molar-refractivity contribution in [3.8, 4) is 17.2 Å². The largest absolute Gasteiger partial charge is 0.490 e. The summed E-state index contributed by atoms with van der Waals surface area (Å²) in [4.78, 5) is 24.1. The van der Waals surface area contributed by atoms with Crippen LogP contribution in [0.15, 0.2) is 108 Å². The van der Waals surface area contributed by atoms with Crippen LogP contribution >= 0.6 is 0 Å². The molecule has 1 amide bonds. The first kappa shape index (κ1) is 28.8. The van der Waals surface area contributed by atoms with E-state index in [-0.39, 0.29) is 29.7 Å². The Morgan fingerprint density at radius 1 is 0.786 bits per heavy atom. The number of sulfonamides is 1. The van der Waals surface area contributed by atoms with Crippen LogP contribution in [0.2, 0.25) is 0 Å². The van der Waals surface area contributed by atoms with Gasteiger partial charge in [0.15, 0.2) is 0 Å². The fourth-order valence-electron chi connectivity index (χ4n) is 4.68. The van der Waals surface area contributed by atoms with Gasteiger partial charge in [0.05, 0.1) is 22.6 Å². The molecule has 4 aromatic carbocycles. The van der Waals surface area contributed by atoms with Crippen LogP contribution < -0.4 is 14.8 Å². The number of amides is 1. The number of benzene rings is 4. The van der Waals surface area contributed by atoms with E-state index in [1.54, 1.807) is 84.9 Å². The highest BCUT2D eigenvalue weighted by Crippen LogP contribution is 2.27. The number of ether oxygens (including phenoxy) is 2. The number of rotatable bonds is 10. The van der Waals surface area contributed by atoms with E-state index in [1.165, 1.54) is 10.4 Å². The summed E-state index contributed by atoms with van der Waals surface area (Å²) in [6, 6.07) is 29.0. The fraction of sp³-hybridized carbons (Fsp3) is 0.188. The number of hydrogen-bond donors (Lipinski definition) is 2. The summed E-state index contributed by atoms with van der Waals surface area (Å²) in [5, 5.41) is 11.9. The summed E-state index contributed by atoms with van der Waals surface area (Å²) in [6.45, 7) is 0.798. The zero-order chi connectivity index (χ0) is 29.5. The van der Waals surface area contributed by atoms with Crippen LogP contribution in [0.5, 0.6) is 17.2 Å². The molecule has 1 heterocycles. The highest BCUT2D eigenvalue weighted by atomic mass is 32.2. The van der Waals surface area contributed by atoms with E-state index in [2.05, 4.69) is 5.32 Å². The molecule has 0 spiro atoms. The summed E-state index contributed by atoms with van der Waals surface area (Å²) < 4.78 is 39.2. The number of para-hydroxylation sites is 1. The van der Waals surface area contributed by atoms with Gasteiger partial charge in [0, 0.05) is 13.1 Å². The van der Waals surface area contributed by atoms with Crippen molar-refractivity contribution in [2.75, 3.05) is 18.4 Å². The Morgan fingerprint density at radius 3 is 2.00 bits per heavy atom. The number of piperidine rings is 1. The van der Waals surface area contributed by atoms with E-state index in [1.807, 2.05) is 12.1 Å². The highest BCUT2D eigenvalue weighted by molar-refractivity contribution is 7.89. The normalized spacial score (nSPS) is 14.2. The van der Waals surface area contributed by atoms with Gasteiger partial charge in [-0.2, -0.15) is 4.31 Å². The van der Waals surface area contributed by atoms with Crippen LogP contribution in [-0.4, -0.2) is 48.9 Å². The Labute approximate surface area is 244 Å². The van der Waals surface area contributed by atoms with E-state index in [4.69, 9.17) is 9.47 Å². The molecule has 0 bridgehead atoms. The van der Waals surface area contributed by atoms with Gasteiger partial charge in [-0.3, -0.25) is 4.79 Å². The lowest BCUT2D eigenvalue weighted by atomic mass is 10.1. The molecular formula is C32H30N2O7S. The van der Waals surface area contributed by atoms with Gasteiger partial charge in [-0.05, 0) is 79.1 Å². The topological polar surface area (TPSA) is 122 Å². The van der Waals surface area contributed by atoms with Gasteiger partial charge in [-0.1, -0.05) is 42.5 Å². The van der Waals surface area contributed by atoms with Gasteiger partial charge >= 0.3 is 5.97 Å². The number of hydrogen-bond acceptors (Lipinski definition) is 6. The average Bonchev–Trinajstić information content (AvgIpc) is 3.00. The van der Waals surface area contributed by atoms with Gasteiger partial charge in [0.1, 0.15) is 23.4 Å². The van der Waals surface area contributed by atoms with Crippen LogP contribution in [-0.2, 0) is 21.2 Å². The molecule has 5 rings (SSSR count). The predicted molar refractivity (Wildman–Crippen MR) is 158 cm³/mol. The number of aromatic carboxylic acids is 1. The molecule has 42 heavy (non-hydrogen) atoms. The molecule has 0 unspecified atom stereocenters. The second-order valence-electron chi connectivity index (χ2n) is 9.83. The summed E-state index contributed by atoms with van der Waals surface area (Å²) in [7, 11) is -3.50. The summed E-state index contributed by atoms with van der Waals surface area (Å²) in [5.74, 6) is 0.455. The summed E-state index contributed by atoms with van der Waals surface area (Å²) in [6.07, 6.45) is 1.19.